The van der Waals surface area contributed by atoms with E-state index >= 15 is 0 Å². The fraction of sp³-hybridized carbons (Fsp3) is 0.577. The number of hydrogen-bond acceptors (Lipinski definition) is 4. The van der Waals surface area contributed by atoms with Gasteiger partial charge < -0.3 is 19.1 Å². The second-order valence-electron chi connectivity index (χ2n) is 10.3. The van der Waals surface area contributed by atoms with Gasteiger partial charge in [0.1, 0.15) is 11.4 Å². The topological polar surface area (TPSA) is 67.7 Å². The lowest BCUT2D eigenvalue weighted by molar-refractivity contribution is 0.0124. The predicted octanol–water partition coefficient (Wildman–Crippen LogP) is 4.99. The molecule has 1 aliphatic heterocycles. The van der Waals surface area contributed by atoms with Crippen LogP contribution in [-0.4, -0.2) is 62.6 Å². The van der Waals surface area contributed by atoms with Crippen molar-refractivity contribution in [2.45, 2.75) is 73.0 Å². The van der Waals surface area contributed by atoms with Crippen LogP contribution in [0.15, 0.2) is 30.5 Å². The van der Waals surface area contributed by atoms with Crippen LogP contribution in [0.1, 0.15) is 69.2 Å². The van der Waals surface area contributed by atoms with Gasteiger partial charge in [-0.25, -0.2) is 9.78 Å². The molecular formula is C26H38N4O3. The van der Waals surface area contributed by atoms with Gasteiger partial charge in [-0.15, -0.1) is 0 Å². The molecule has 0 aromatic carbocycles. The molecule has 33 heavy (non-hydrogen) atoms. The summed E-state index contributed by atoms with van der Waals surface area (Å²) in [6, 6.07) is 7.76. The van der Waals surface area contributed by atoms with Crippen molar-refractivity contribution >= 4 is 12.0 Å². The maximum absolute atomic E-state index is 13.5. The van der Waals surface area contributed by atoms with Crippen LogP contribution in [-0.2, 0) is 4.74 Å². The molecule has 0 bridgehead atoms. The van der Waals surface area contributed by atoms with Gasteiger partial charge in [-0.05, 0) is 85.4 Å². The number of carbonyl (C=O) groups is 2. The summed E-state index contributed by atoms with van der Waals surface area (Å²) < 4.78 is 7.64. The van der Waals surface area contributed by atoms with Gasteiger partial charge in [0.2, 0.25) is 0 Å². The molecule has 2 amide bonds. The lowest BCUT2D eigenvalue weighted by Crippen LogP contribution is -2.48. The van der Waals surface area contributed by atoms with Crippen molar-refractivity contribution < 1.29 is 14.3 Å². The number of piperidine rings is 1. The molecular weight excluding hydrogens is 416 g/mol. The Morgan fingerprint density at radius 1 is 1.24 bits per heavy atom. The maximum Gasteiger partial charge on any atom is 0.410 e. The molecule has 1 aliphatic rings. The standard InChI is InChI=1S/C26H38N4O3/c1-18(2)29(25(32)33-26(5,6)7)17-21-11-10-14-28(16-21)24(31)22-15-19(3)30(20(22)4)23-12-8-9-13-27-23/h8-9,12-13,15,18,21H,10-11,14,16-17H2,1-7H3. The van der Waals surface area contributed by atoms with Gasteiger partial charge in [0.25, 0.3) is 5.91 Å². The number of pyridine rings is 1. The number of likely N-dealkylation sites (tertiary alicyclic amines) is 1. The van der Waals surface area contributed by atoms with Gasteiger partial charge in [-0.1, -0.05) is 6.07 Å². The summed E-state index contributed by atoms with van der Waals surface area (Å²) >= 11 is 0. The summed E-state index contributed by atoms with van der Waals surface area (Å²) in [6.45, 7) is 15.6. The van der Waals surface area contributed by atoms with Crippen LogP contribution in [0.3, 0.4) is 0 Å². The third-order valence-corrected chi connectivity index (χ3v) is 6.05. The van der Waals surface area contributed by atoms with E-state index in [1.165, 1.54) is 0 Å². The van der Waals surface area contributed by atoms with E-state index in [0.29, 0.717) is 18.7 Å². The van der Waals surface area contributed by atoms with Crippen molar-refractivity contribution in [3.05, 3.63) is 47.4 Å². The van der Waals surface area contributed by atoms with E-state index in [9.17, 15) is 9.59 Å². The summed E-state index contributed by atoms with van der Waals surface area (Å²) in [6.07, 6.45) is 3.38. The second kappa shape index (κ2) is 9.98. The highest BCUT2D eigenvalue weighted by molar-refractivity contribution is 5.96. The van der Waals surface area contributed by atoms with Crippen molar-refractivity contribution in [2.75, 3.05) is 19.6 Å². The molecule has 0 radical (unpaired) electrons. The molecule has 2 aromatic rings. The zero-order valence-electron chi connectivity index (χ0n) is 21.1. The number of aryl methyl sites for hydroxylation is 1. The third kappa shape index (κ3) is 5.95. The minimum atomic E-state index is -0.533. The Morgan fingerprint density at radius 3 is 2.58 bits per heavy atom. The fourth-order valence-electron chi connectivity index (χ4n) is 4.48. The van der Waals surface area contributed by atoms with Crippen LogP contribution in [0.25, 0.3) is 5.82 Å². The van der Waals surface area contributed by atoms with E-state index in [1.54, 1.807) is 11.1 Å². The molecule has 180 valence electrons. The average molecular weight is 455 g/mol. The minimum absolute atomic E-state index is 0.0308. The molecule has 3 heterocycles. The Kier molecular flexibility index (Phi) is 7.50. The molecule has 7 heteroatoms. The van der Waals surface area contributed by atoms with E-state index in [2.05, 4.69) is 4.98 Å². The van der Waals surface area contributed by atoms with E-state index in [4.69, 9.17) is 4.74 Å². The second-order valence-corrected chi connectivity index (χ2v) is 10.3. The van der Waals surface area contributed by atoms with Crippen LogP contribution >= 0.6 is 0 Å². The van der Waals surface area contributed by atoms with E-state index in [0.717, 1.165) is 36.6 Å². The van der Waals surface area contributed by atoms with Gasteiger partial charge in [0.05, 0.1) is 5.56 Å². The highest BCUT2D eigenvalue weighted by Gasteiger charge is 2.31. The average Bonchev–Trinajstić information content (AvgIpc) is 3.04. The van der Waals surface area contributed by atoms with Crippen molar-refractivity contribution in [1.82, 2.24) is 19.4 Å². The number of aromatic nitrogens is 2. The first-order valence-corrected chi connectivity index (χ1v) is 11.9. The van der Waals surface area contributed by atoms with Crippen LogP contribution in [0.4, 0.5) is 4.79 Å². The lowest BCUT2D eigenvalue weighted by atomic mass is 9.96. The van der Waals surface area contributed by atoms with Gasteiger partial charge in [-0.3, -0.25) is 4.79 Å². The van der Waals surface area contributed by atoms with Crippen molar-refractivity contribution in [1.29, 1.82) is 0 Å². The fourth-order valence-corrected chi connectivity index (χ4v) is 4.48. The number of nitrogens with zero attached hydrogens (tertiary/aromatic N) is 4. The zero-order chi connectivity index (χ0) is 24.3. The monoisotopic (exact) mass is 454 g/mol. The first-order valence-electron chi connectivity index (χ1n) is 11.9. The SMILES string of the molecule is Cc1cc(C(=O)N2CCCC(CN(C(=O)OC(C)(C)C)C(C)C)C2)c(C)n1-c1ccccn1. The molecule has 1 unspecified atom stereocenters. The molecule has 0 N–H and O–H groups in total. The molecule has 3 rings (SSSR count). The highest BCUT2D eigenvalue weighted by atomic mass is 16.6. The Bertz CT molecular complexity index is 975. The molecule has 1 fully saturated rings. The molecule has 1 saturated heterocycles. The largest absolute Gasteiger partial charge is 0.444 e. The van der Waals surface area contributed by atoms with Crippen LogP contribution in [0.5, 0.6) is 0 Å². The molecule has 0 aliphatic carbocycles. The van der Waals surface area contributed by atoms with E-state index < -0.39 is 5.60 Å². The zero-order valence-corrected chi connectivity index (χ0v) is 21.1. The molecule has 0 saturated carbocycles. The quantitative estimate of drug-likeness (QED) is 0.639. The Labute approximate surface area is 197 Å². The van der Waals surface area contributed by atoms with Crippen LogP contribution in [0, 0.1) is 19.8 Å². The number of ether oxygens (including phenoxy) is 1. The number of rotatable bonds is 5. The Hall–Kier alpha value is -2.83. The molecule has 2 aromatic heterocycles. The van der Waals surface area contributed by atoms with Gasteiger partial charge in [0, 0.05) is 43.3 Å². The van der Waals surface area contributed by atoms with Gasteiger partial charge >= 0.3 is 6.09 Å². The first-order chi connectivity index (χ1) is 15.5. The number of hydrogen-bond donors (Lipinski definition) is 0. The number of amides is 2. The molecule has 1 atom stereocenters. The van der Waals surface area contributed by atoms with Crippen molar-refractivity contribution in [2.24, 2.45) is 5.92 Å². The molecule has 7 nitrogen and oxygen atoms in total. The van der Waals surface area contributed by atoms with Gasteiger partial charge in [-0.2, -0.15) is 0 Å². The summed E-state index contributed by atoms with van der Waals surface area (Å²) in [4.78, 5) is 34.4. The number of carbonyl (C=O) groups excluding carboxylic acids is 2. The summed E-state index contributed by atoms with van der Waals surface area (Å²) in [5, 5.41) is 0. The summed E-state index contributed by atoms with van der Waals surface area (Å²) in [5.41, 5.74) is 2.07. The van der Waals surface area contributed by atoms with Crippen molar-refractivity contribution in [3.63, 3.8) is 0 Å². The van der Waals surface area contributed by atoms with Gasteiger partial charge in [0.15, 0.2) is 0 Å². The van der Waals surface area contributed by atoms with Crippen LogP contribution in [0.2, 0.25) is 0 Å². The molecule has 0 spiro atoms. The predicted molar refractivity (Wildman–Crippen MR) is 130 cm³/mol. The van der Waals surface area contributed by atoms with Crippen molar-refractivity contribution in [3.8, 4) is 5.82 Å². The maximum atomic E-state index is 13.5. The van der Waals surface area contributed by atoms with Crippen LogP contribution < -0.4 is 0 Å². The third-order valence-electron chi connectivity index (χ3n) is 6.05. The highest BCUT2D eigenvalue weighted by Crippen LogP contribution is 2.25. The first kappa shape index (κ1) is 24.8. The van der Waals surface area contributed by atoms with E-state index in [-0.39, 0.29) is 24.0 Å². The lowest BCUT2D eigenvalue weighted by Gasteiger charge is -2.37. The summed E-state index contributed by atoms with van der Waals surface area (Å²) in [7, 11) is 0. The smallest absolute Gasteiger partial charge is 0.410 e. The normalized spacial score (nSPS) is 16.7. The summed E-state index contributed by atoms with van der Waals surface area (Å²) in [5.74, 6) is 1.08. The Morgan fingerprint density at radius 2 is 1.97 bits per heavy atom. The minimum Gasteiger partial charge on any atom is -0.444 e. The Balaban J connectivity index is 1.74. The van der Waals surface area contributed by atoms with E-state index in [1.807, 2.05) is 82.2 Å².